The molecule has 0 aliphatic rings. The number of H-pyrrole nitrogens is 1. The van der Waals surface area contributed by atoms with Crippen molar-refractivity contribution >= 4 is 12.3 Å². The Bertz CT molecular complexity index is 509. The van der Waals surface area contributed by atoms with Crippen molar-refractivity contribution in [3.8, 4) is 11.3 Å². The molecule has 2 aromatic rings. The molecule has 0 radical (unpaired) electrons. The number of carbonyl (C=O) groups is 2. The van der Waals surface area contributed by atoms with Crippen LogP contribution in [-0.2, 0) is 0 Å². The average Bonchev–Trinajstić information content (AvgIpc) is 2.86. The summed E-state index contributed by atoms with van der Waals surface area (Å²) in [5, 5.41) is 8.68. The Balaban J connectivity index is 2.36. The van der Waals surface area contributed by atoms with Gasteiger partial charge in [-0.2, -0.15) is 0 Å². The first-order valence-electron chi connectivity index (χ1n) is 4.18. The zero-order valence-electron chi connectivity index (χ0n) is 7.56. The number of carboxylic acids is 1. The minimum atomic E-state index is -1.04. The second-order valence-corrected chi connectivity index (χ2v) is 2.93. The van der Waals surface area contributed by atoms with Crippen LogP contribution in [0.15, 0.2) is 28.8 Å². The van der Waals surface area contributed by atoms with E-state index in [1.54, 1.807) is 6.07 Å². The number of carboxylic acid groups (broad SMARTS) is 1. The van der Waals surface area contributed by atoms with Gasteiger partial charge in [0.2, 0.25) is 0 Å². The molecule has 76 valence electrons. The van der Waals surface area contributed by atoms with Crippen molar-refractivity contribution in [3.05, 3.63) is 35.9 Å². The molecule has 0 spiro atoms. The zero-order valence-corrected chi connectivity index (χ0v) is 7.56. The van der Waals surface area contributed by atoms with E-state index in [2.05, 4.69) is 4.98 Å². The number of carbonyl (C=O) groups excluding carboxylic acids is 1. The highest BCUT2D eigenvalue weighted by Crippen LogP contribution is 2.22. The first-order valence-corrected chi connectivity index (χ1v) is 4.18. The molecule has 0 aromatic carbocycles. The van der Waals surface area contributed by atoms with Gasteiger partial charge < -0.3 is 14.5 Å². The summed E-state index contributed by atoms with van der Waals surface area (Å²) >= 11 is 0. The van der Waals surface area contributed by atoms with Gasteiger partial charge in [-0.3, -0.25) is 4.79 Å². The molecule has 0 saturated heterocycles. The Hall–Kier alpha value is -2.30. The Morgan fingerprint density at radius 1 is 1.47 bits per heavy atom. The molecule has 0 bridgehead atoms. The largest absolute Gasteiger partial charge is 0.477 e. The van der Waals surface area contributed by atoms with Gasteiger partial charge in [-0.1, -0.05) is 0 Å². The second kappa shape index (κ2) is 3.45. The molecule has 2 N–H and O–H groups in total. The maximum Gasteiger partial charge on any atom is 0.352 e. The summed E-state index contributed by atoms with van der Waals surface area (Å²) in [5.41, 5.74) is 0.676. The van der Waals surface area contributed by atoms with Crippen molar-refractivity contribution in [2.45, 2.75) is 0 Å². The fourth-order valence-corrected chi connectivity index (χ4v) is 1.23. The molecule has 5 heteroatoms. The van der Waals surface area contributed by atoms with Gasteiger partial charge in [-0.05, 0) is 18.2 Å². The summed E-state index contributed by atoms with van der Waals surface area (Å²) in [6, 6.07) is 4.57. The SMILES string of the molecule is O=Cc1ccc(-c2c[nH]c(C(=O)O)c2)o1. The number of aromatic amines is 1. The number of aromatic nitrogens is 1. The van der Waals surface area contributed by atoms with Gasteiger partial charge in [0.25, 0.3) is 0 Å². The third-order valence-corrected chi connectivity index (χ3v) is 1.94. The van der Waals surface area contributed by atoms with Crippen LogP contribution in [0.5, 0.6) is 0 Å². The highest BCUT2D eigenvalue weighted by Gasteiger charge is 2.10. The van der Waals surface area contributed by atoms with E-state index in [0.717, 1.165) is 0 Å². The van der Waals surface area contributed by atoms with Crippen molar-refractivity contribution in [1.82, 2.24) is 4.98 Å². The maximum atomic E-state index is 10.6. The monoisotopic (exact) mass is 205 g/mol. The lowest BCUT2D eigenvalue weighted by Crippen LogP contribution is -1.94. The van der Waals surface area contributed by atoms with Gasteiger partial charge in [0.05, 0.1) is 0 Å². The van der Waals surface area contributed by atoms with E-state index in [1.165, 1.54) is 18.3 Å². The van der Waals surface area contributed by atoms with Crippen LogP contribution < -0.4 is 0 Å². The number of nitrogens with one attached hydrogen (secondary N) is 1. The maximum absolute atomic E-state index is 10.6. The summed E-state index contributed by atoms with van der Waals surface area (Å²) in [5.74, 6) is -0.368. The number of hydrogen-bond donors (Lipinski definition) is 2. The Morgan fingerprint density at radius 3 is 2.80 bits per heavy atom. The van der Waals surface area contributed by atoms with E-state index in [9.17, 15) is 9.59 Å². The molecule has 0 amide bonds. The zero-order chi connectivity index (χ0) is 10.8. The van der Waals surface area contributed by atoms with E-state index in [0.29, 0.717) is 17.6 Å². The van der Waals surface area contributed by atoms with Crippen LogP contribution >= 0.6 is 0 Å². The summed E-state index contributed by atoms with van der Waals surface area (Å²) in [7, 11) is 0. The first kappa shape index (κ1) is 9.26. The van der Waals surface area contributed by atoms with Crippen LogP contribution in [0.25, 0.3) is 11.3 Å². The van der Waals surface area contributed by atoms with Gasteiger partial charge in [0, 0.05) is 11.8 Å². The fourth-order valence-electron chi connectivity index (χ4n) is 1.23. The van der Waals surface area contributed by atoms with Crippen molar-refractivity contribution in [2.75, 3.05) is 0 Å². The topological polar surface area (TPSA) is 83.3 Å². The van der Waals surface area contributed by atoms with Crippen LogP contribution in [0.3, 0.4) is 0 Å². The van der Waals surface area contributed by atoms with Crippen molar-refractivity contribution < 1.29 is 19.1 Å². The number of aromatic carboxylic acids is 1. The standard InChI is InChI=1S/C10H7NO4/c12-5-7-1-2-9(15-7)6-3-8(10(13)14)11-4-6/h1-5,11H,(H,13,14). The molecule has 0 aliphatic carbocycles. The van der Waals surface area contributed by atoms with Crippen LogP contribution in [0, 0.1) is 0 Å². The minimum absolute atomic E-state index is 0.0778. The van der Waals surface area contributed by atoms with Gasteiger partial charge >= 0.3 is 5.97 Å². The molecular weight excluding hydrogens is 198 g/mol. The summed E-state index contributed by atoms with van der Waals surface area (Å²) in [6.45, 7) is 0. The molecule has 2 rings (SSSR count). The minimum Gasteiger partial charge on any atom is -0.477 e. The number of rotatable bonds is 3. The molecule has 0 unspecified atom stereocenters. The smallest absolute Gasteiger partial charge is 0.352 e. The van der Waals surface area contributed by atoms with Crippen molar-refractivity contribution in [1.29, 1.82) is 0 Å². The lowest BCUT2D eigenvalue weighted by molar-refractivity contribution is 0.0691. The predicted molar refractivity (Wildman–Crippen MR) is 50.8 cm³/mol. The van der Waals surface area contributed by atoms with Crippen LogP contribution in [-0.4, -0.2) is 22.3 Å². The molecule has 0 atom stereocenters. The molecule has 2 heterocycles. The lowest BCUT2D eigenvalue weighted by Gasteiger charge is -1.87. The lowest BCUT2D eigenvalue weighted by atomic mass is 10.2. The van der Waals surface area contributed by atoms with E-state index in [4.69, 9.17) is 9.52 Å². The number of aldehydes is 1. The Labute approximate surface area is 84.3 Å². The van der Waals surface area contributed by atoms with Gasteiger partial charge in [0.1, 0.15) is 11.5 Å². The van der Waals surface area contributed by atoms with E-state index in [1.807, 2.05) is 0 Å². The van der Waals surface area contributed by atoms with E-state index < -0.39 is 5.97 Å². The van der Waals surface area contributed by atoms with Gasteiger partial charge in [-0.15, -0.1) is 0 Å². The molecule has 15 heavy (non-hydrogen) atoms. The summed E-state index contributed by atoms with van der Waals surface area (Å²) < 4.78 is 5.13. The number of hydrogen-bond acceptors (Lipinski definition) is 3. The molecular formula is C10H7NO4. The molecule has 0 saturated carbocycles. The highest BCUT2D eigenvalue weighted by molar-refractivity contribution is 5.87. The molecule has 5 nitrogen and oxygen atoms in total. The van der Waals surface area contributed by atoms with Gasteiger partial charge in [0.15, 0.2) is 12.0 Å². The molecule has 0 fully saturated rings. The Kier molecular flexibility index (Phi) is 2.13. The van der Waals surface area contributed by atoms with Crippen molar-refractivity contribution in [3.63, 3.8) is 0 Å². The average molecular weight is 205 g/mol. The van der Waals surface area contributed by atoms with Crippen LogP contribution in [0.4, 0.5) is 0 Å². The normalized spacial score (nSPS) is 10.1. The van der Waals surface area contributed by atoms with Crippen LogP contribution in [0.2, 0.25) is 0 Å². The number of furan rings is 1. The van der Waals surface area contributed by atoms with E-state index >= 15 is 0 Å². The fraction of sp³-hybridized carbons (Fsp3) is 0. The second-order valence-electron chi connectivity index (χ2n) is 2.93. The third kappa shape index (κ3) is 1.67. The Morgan fingerprint density at radius 2 is 2.27 bits per heavy atom. The van der Waals surface area contributed by atoms with E-state index in [-0.39, 0.29) is 11.5 Å². The summed E-state index contributed by atoms with van der Waals surface area (Å²) in [4.78, 5) is 23.5. The first-order chi connectivity index (χ1) is 7.20. The van der Waals surface area contributed by atoms with Gasteiger partial charge in [-0.25, -0.2) is 4.79 Å². The van der Waals surface area contributed by atoms with Crippen molar-refractivity contribution in [2.24, 2.45) is 0 Å². The van der Waals surface area contributed by atoms with Crippen LogP contribution in [0.1, 0.15) is 21.0 Å². The molecule has 0 aliphatic heterocycles. The predicted octanol–water partition coefficient (Wildman–Crippen LogP) is 1.79. The highest BCUT2D eigenvalue weighted by atomic mass is 16.4. The molecule has 2 aromatic heterocycles. The quantitative estimate of drug-likeness (QED) is 0.748. The summed E-state index contributed by atoms with van der Waals surface area (Å²) in [6.07, 6.45) is 2.10. The third-order valence-electron chi connectivity index (χ3n) is 1.94.